The van der Waals surface area contributed by atoms with E-state index < -0.39 is 10.8 Å². The lowest BCUT2D eigenvalue weighted by Crippen LogP contribution is -2.23. The quantitative estimate of drug-likeness (QED) is 0.574. The molecule has 0 atom stereocenters. The molecule has 0 bridgehead atoms. The number of non-ortho nitro benzene ring substituents is 1. The van der Waals surface area contributed by atoms with Crippen molar-refractivity contribution in [3.8, 4) is 11.5 Å². The van der Waals surface area contributed by atoms with Gasteiger partial charge in [-0.25, -0.2) is 4.98 Å². The maximum Gasteiger partial charge on any atom is 0.270 e. The van der Waals surface area contributed by atoms with Gasteiger partial charge in [-0.2, -0.15) is 0 Å². The lowest BCUT2D eigenvalue weighted by molar-refractivity contribution is -0.384. The molecule has 0 saturated carbocycles. The highest BCUT2D eigenvalue weighted by Crippen LogP contribution is 2.18. The number of oxazole rings is 1. The minimum atomic E-state index is -0.541. The van der Waals surface area contributed by atoms with Crippen molar-refractivity contribution in [1.82, 2.24) is 10.3 Å². The molecule has 0 aliphatic heterocycles. The molecule has 1 amide bonds. The van der Waals surface area contributed by atoms with Gasteiger partial charge in [0, 0.05) is 23.3 Å². The Bertz CT molecular complexity index is 874. The molecule has 1 N–H and O–H groups in total. The molecule has 0 fully saturated rings. The van der Waals surface area contributed by atoms with Gasteiger partial charge in [-0.05, 0) is 18.2 Å². The van der Waals surface area contributed by atoms with E-state index in [1.807, 2.05) is 30.3 Å². The van der Waals surface area contributed by atoms with E-state index in [-0.39, 0.29) is 17.8 Å². The summed E-state index contributed by atoms with van der Waals surface area (Å²) in [6.45, 7) is 0.165. The van der Waals surface area contributed by atoms with Crippen LogP contribution in [0.2, 0.25) is 0 Å². The van der Waals surface area contributed by atoms with E-state index in [2.05, 4.69) is 10.3 Å². The van der Waals surface area contributed by atoms with Gasteiger partial charge in [0.05, 0.1) is 17.2 Å². The number of hydrogen-bond donors (Lipinski definition) is 1. The molecule has 3 aromatic rings. The molecular formula is C17H13N3O4. The van der Waals surface area contributed by atoms with Gasteiger partial charge in [0.1, 0.15) is 6.26 Å². The van der Waals surface area contributed by atoms with Crippen LogP contribution in [-0.2, 0) is 6.54 Å². The Morgan fingerprint density at radius 2 is 1.96 bits per heavy atom. The molecule has 0 unspecified atom stereocenters. The number of nitrogens with zero attached hydrogens (tertiary/aromatic N) is 2. The standard InChI is InChI=1S/C17H13N3O4/c21-16(13-7-4-8-15(9-13)20(22)23)18-10-14-11-24-17(19-14)12-5-2-1-3-6-12/h1-9,11H,10H2,(H,18,21). The maximum absolute atomic E-state index is 12.1. The van der Waals surface area contributed by atoms with Crippen LogP contribution in [0, 0.1) is 10.1 Å². The first-order valence-electron chi connectivity index (χ1n) is 7.16. The van der Waals surface area contributed by atoms with Crippen molar-refractivity contribution in [2.75, 3.05) is 0 Å². The summed E-state index contributed by atoms with van der Waals surface area (Å²) in [4.78, 5) is 26.6. The lowest BCUT2D eigenvalue weighted by atomic mass is 10.2. The molecule has 0 aliphatic carbocycles. The van der Waals surface area contributed by atoms with Gasteiger partial charge in [0.25, 0.3) is 11.6 Å². The van der Waals surface area contributed by atoms with Crippen LogP contribution in [0.4, 0.5) is 5.69 Å². The highest BCUT2D eigenvalue weighted by atomic mass is 16.6. The van der Waals surface area contributed by atoms with E-state index >= 15 is 0 Å². The first kappa shape index (κ1) is 15.4. The Balaban J connectivity index is 1.66. The topological polar surface area (TPSA) is 98.3 Å². The lowest BCUT2D eigenvalue weighted by Gasteiger charge is -2.02. The summed E-state index contributed by atoms with van der Waals surface area (Å²) >= 11 is 0. The molecule has 0 saturated heterocycles. The summed E-state index contributed by atoms with van der Waals surface area (Å²) in [6, 6.07) is 14.9. The molecule has 3 rings (SSSR count). The number of benzene rings is 2. The van der Waals surface area contributed by atoms with Crippen molar-refractivity contribution >= 4 is 11.6 Å². The normalized spacial score (nSPS) is 10.3. The summed E-state index contributed by atoms with van der Waals surface area (Å²) in [5.41, 5.74) is 1.49. The SMILES string of the molecule is O=C(NCc1coc(-c2ccccc2)n1)c1cccc([N+](=O)[O-])c1. The number of nitro groups is 1. The predicted molar refractivity (Wildman–Crippen MR) is 86.2 cm³/mol. The van der Waals surface area contributed by atoms with E-state index in [1.165, 1.54) is 30.5 Å². The van der Waals surface area contributed by atoms with Crippen LogP contribution in [0.15, 0.2) is 65.3 Å². The van der Waals surface area contributed by atoms with E-state index in [4.69, 9.17) is 4.42 Å². The second-order valence-electron chi connectivity index (χ2n) is 5.00. The fourth-order valence-electron chi connectivity index (χ4n) is 2.14. The summed E-state index contributed by atoms with van der Waals surface area (Å²) in [6.07, 6.45) is 1.47. The number of nitrogens with one attached hydrogen (secondary N) is 1. The molecule has 7 heteroatoms. The van der Waals surface area contributed by atoms with Crippen LogP contribution < -0.4 is 5.32 Å². The van der Waals surface area contributed by atoms with Crippen molar-refractivity contribution < 1.29 is 14.1 Å². The summed E-state index contributed by atoms with van der Waals surface area (Å²) in [7, 11) is 0. The van der Waals surface area contributed by atoms with Gasteiger partial charge in [-0.1, -0.05) is 24.3 Å². The third-order valence-electron chi connectivity index (χ3n) is 3.32. The highest BCUT2D eigenvalue weighted by molar-refractivity contribution is 5.94. The minimum Gasteiger partial charge on any atom is -0.444 e. The predicted octanol–water partition coefficient (Wildman–Crippen LogP) is 3.18. The molecule has 0 spiro atoms. The minimum absolute atomic E-state index is 0.129. The molecule has 120 valence electrons. The van der Waals surface area contributed by atoms with Gasteiger partial charge >= 0.3 is 0 Å². The molecule has 24 heavy (non-hydrogen) atoms. The second-order valence-corrected chi connectivity index (χ2v) is 5.00. The molecule has 0 aliphatic rings. The van der Waals surface area contributed by atoms with E-state index in [9.17, 15) is 14.9 Å². The van der Waals surface area contributed by atoms with Crippen LogP contribution in [0.5, 0.6) is 0 Å². The number of rotatable bonds is 5. The number of nitro benzene ring substituents is 1. The number of amides is 1. The Labute approximate surface area is 137 Å². The zero-order valence-electron chi connectivity index (χ0n) is 12.5. The summed E-state index contributed by atoms with van der Waals surface area (Å²) in [5, 5.41) is 13.4. The van der Waals surface area contributed by atoms with Crippen molar-refractivity contribution in [2.24, 2.45) is 0 Å². The Morgan fingerprint density at radius 1 is 1.17 bits per heavy atom. The monoisotopic (exact) mass is 323 g/mol. The zero-order chi connectivity index (χ0) is 16.9. The maximum atomic E-state index is 12.1. The van der Waals surface area contributed by atoms with Crippen molar-refractivity contribution in [3.05, 3.63) is 82.2 Å². The highest BCUT2D eigenvalue weighted by Gasteiger charge is 2.12. The average Bonchev–Trinajstić information content (AvgIpc) is 3.09. The molecule has 7 nitrogen and oxygen atoms in total. The smallest absolute Gasteiger partial charge is 0.270 e. The number of aromatic nitrogens is 1. The Morgan fingerprint density at radius 3 is 2.71 bits per heavy atom. The Hall–Kier alpha value is -3.48. The third kappa shape index (κ3) is 3.46. The summed E-state index contributed by atoms with van der Waals surface area (Å²) < 4.78 is 5.39. The van der Waals surface area contributed by atoms with E-state index in [0.29, 0.717) is 11.6 Å². The third-order valence-corrected chi connectivity index (χ3v) is 3.32. The van der Waals surface area contributed by atoms with E-state index in [0.717, 1.165) is 5.56 Å². The van der Waals surface area contributed by atoms with Crippen molar-refractivity contribution in [2.45, 2.75) is 6.54 Å². The molecule has 2 aromatic carbocycles. The molecular weight excluding hydrogens is 310 g/mol. The average molecular weight is 323 g/mol. The summed E-state index contributed by atoms with van der Waals surface area (Å²) in [5.74, 6) is 0.0539. The number of carbonyl (C=O) groups excluding carboxylic acids is 1. The first-order valence-corrected chi connectivity index (χ1v) is 7.16. The van der Waals surface area contributed by atoms with Crippen LogP contribution >= 0.6 is 0 Å². The zero-order valence-corrected chi connectivity index (χ0v) is 12.5. The fourth-order valence-corrected chi connectivity index (χ4v) is 2.14. The van der Waals surface area contributed by atoms with Crippen molar-refractivity contribution in [1.29, 1.82) is 0 Å². The van der Waals surface area contributed by atoms with Gasteiger partial charge in [-0.15, -0.1) is 0 Å². The first-order chi connectivity index (χ1) is 11.6. The molecule has 0 radical (unpaired) electrons. The van der Waals surface area contributed by atoms with Crippen molar-refractivity contribution in [3.63, 3.8) is 0 Å². The fraction of sp³-hybridized carbons (Fsp3) is 0.0588. The Kier molecular flexibility index (Phi) is 4.33. The van der Waals surface area contributed by atoms with Gasteiger partial charge in [0.2, 0.25) is 5.89 Å². The molecule has 1 heterocycles. The second kappa shape index (κ2) is 6.74. The number of hydrogen-bond acceptors (Lipinski definition) is 5. The van der Waals surface area contributed by atoms with Crippen LogP contribution in [0.25, 0.3) is 11.5 Å². The van der Waals surface area contributed by atoms with Crippen LogP contribution in [0.3, 0.4) is 0 Å². The van der Waals surface area contributed by atoms with E-state index in [1.54, 1.807) is 0 Å². The van der Waals surface area contributed by atoms with Crippen LogP contribution in [-0.4, -0.2) is 15.8 Å². The molecule has 1 aromatic heterocycles. The van der Waals surface area contributed by atoms with Gasteiger partial charge < -0.3 is 9.73 Å². The van der Waals surface area contributed by atoms with Crippen LogP contribution in [0.1, 0.15) is 16.1 Å². The van der Waals surface area contributed by atoms with Gasteiger partial charge in [-0.3, -0.25) is 14.9 Å². The van der Waals surface area contributed by atoms with Gasteiger partial charge in [0.15, 0.2) is 0 Å². The number of carbonyl (C=O) groups is 1. The largest absolute Gasteiger partial charge is 0.444 e.